The lowest BCUT2D eigenvalue weighted by molar-refractivity contribution is -0.133. The summed E-state index contributed by atoms with van der Waals surface area (Å²) in [4.78, 5) is 12.9. The van der Waals surface area contributed by atoms with Crippen LogP contribution >= 0.6 is 0 Å². The summed E-state index contributed by atoms with van der Waals surface area (Å²) >= 11 is 0. The highest BCUT2D eigenvalue weighted by Gasteiger charge is 2.41. The van der Waals surface area contributed by atoms with Gasteiger partial charge < -0.3 is 10.4 Å². The molecule has 0 unspecified atom stereocenters. The number of Topliss-reactive ketones (excluding diaryl/α,β-unsaturated/α-hetero) is 1. The van der Waals surface area contributed by atoms with Gasteiger partial charge in [-0.1, -0.05) is 32.9 Å². The van der Waals surface area contributed by atoms with Crippen molar-refractivity contribution >= 4 is 5.78 Å². The Labute approximate surface area is 128 Å². The Morgan fingerprint density at radius 1 is 1.00 bits per heavy atom. The maximum absolute atomic E-state index is 12.9. The van der Waals surface area contributed by atoms with Crippen molar-refractivity contribution in [3.8, 4) is 5.75 Å². The number of phenolic OH excluding ortho intramolecular Hbond substituents is 1. The van der Waals surface area contributed by atoms with Gasteiger partial charge in [-0.05, 0) is 51.8 Å². The van der Waals surface area contributed by atoms with Crippen LogP contribution in [0, 0.1) is 5.41 Å². The summed E-state index contributed by atoms with van der Waals surface area (Å²) < 4.78 is 0. The van der Waals surface area contributed by atoms with Crippen molar-refractivity contribution < 1.29 is 9.90 Å². The molecule has 1 aromatic rings. The number of hydrogen-bond acceptors (Lipinski definition) is 3. The third-order valence-electron chi connectivity index (χ3n) is 3.33. The number of hydrogen-bond donors (Lipinski definition) is 2. The van der Waals surface area contributed by atoms with Crippen LogP contribution in [0.2, 0.25) is 0 Å². The molecule has 0 aliphatic heterocycles. The van der Waals surface area contributed by atoms with Crippen molar-refractivity contribution in [3.05, 3.63) is 29.8 Å². The summed E-state index contributed by atoms with van der Waals surface area (Å²) in [5, 5.41) is 12.9. The van der Waals surface area contributed by atoms with Crippen LogP contribution in [0.15, 0.2) is 24.3 Å². The number of carbonyl (C=O) groups is 1. The van der Waals surface area contributed by atoms with Crippen LogP contribution in [0.5, 0.6) is 5.75 Å². The van der Waals surface area contributed by atoms with Crippen LogP contribution in [0.1, 0.15) is 54.0 Å². The fraction of sp³-hybridized carbons (Fsp3) is 0.611. The monoisotopic (exact) mass is 291 g/mol. The summed E-state index contributed by atoms with van der Waals surface area (Å²) in [6.07, 6.45) is 0.598. The molecule has 0 spiro atoms. The zero-order valence-corrected chi connectivity index (χ0v) is 14.4. The normalized spacial score (nSPS) is 15.6. The van der Waals surface area contributed by atoms with Gasteiger partial charge in [-0.25, -0.2) is 0 Å². The van der Waals surface area contributed by atoms with Crippen molar-refractivity contribution in [2.45, 2.75) is 66.0 Å². The van der Waals surface area contributed by atoms with E-state index >= 15 is 0 Å². The van der Waals surface area contributed by atoms with Gasteiger partial charge in [0.15, 0.2) is 5.78 Å². The second kappa shape index (κ2) is 5.80. The molecule has 0 amide bonds. The third kappa shape index (κ3) is 5.16. The Morgan fingerprint density at radius 3 is 1.86 bits per heavy atom. The predicted molar refractivity (Wildman–Crippen MR) is 87.6 cm³/mol. The number of benzene rings is 1. The van der Waals surface area contributed by atoms with E-state index < -0.39 is 11.0 Å². The zero-order chi connectivity index (χ0) is 16.5. The first-order valence-corrected chi connectivity index (χ1v) is 7.46. The number of carbonyl (C=O) groups excluding carboxylic acids is 1. The van der Waals surface area contributed by atoms with E-state index in [-0.39, 0.29) is 17.1 Å². The minimum atomic E-state index is -0.645. The second-order valence-corrected chi connectivity index (χ2v) is 8.13. The van der Waals surface area contributed by atoms with Crippen LogP contribution in [0.3, 0.4) is 0 Å². The quantitative estimate of drug-likeness (QED) is 0.889. The van der Waals surface area contributed by atoms with Crippen LogP contribution in [0.4, 0.5) is 0 Å². The van der Waals surface area contributed by atoms with Crippen LogP contribution in [-0.2, 0) is 11.2 Å². The molecule has 3 nitrogen and oxygen atoms in total. The van der Waals surface area contributed by atoms with Crippen molar-refractivity contribution in [1.82, 2.24) is 5.32 Å². The molecule has 1 aromatic carbocycles. The zero-order valence-electron chi connectivity index (χ0n) is 14.4. The number of aromatic hydroxyl groups is 1. The minimum Gasteiger partial charge on any atom is -0.508 e. The number of nitrogens with one attached hydrogen (secondary N) is 1. The summed E-state index contributed by atoms with van der Waals surface area (Å²) in [5.41, 5.74) is -0.186. The highest BCUT2D eigenvalue weighted by atomic mass is 16.3. The van der Waals surface area contributed by atoms with Gasteiger partial charge in [0, 0.05) is 11.0 Å². The standard InChI is InChI=1S/C18H29NO2/c1-16(2,3)15(21)18(7,19-17(4,5)6)12-13-8-10-14(20)11-9-13/h8-11,19-20H,12H2,1-7H3/t18-/m1/s1. The van der Waals surface area contributed by atoms with Crippen molar-refractivity contribution in [3.63, 3.8) is 0 Å². The molecule has 0 fully saturated rings. The van der Waals surface area contributed by atoms with Gasteiger partial charge >= 0.3 is 0 Å². The van der Waals surface area contributed by atoms with Gasteiger partial charge in [-0.3, -0.25) is 4.79 Å². The summed E-state index contributed by atoms with van der Waals surface area (Å²) in [7, 11) is 0. The second-order valence-electron chi connectivity index (χ2n) is 8.13. The van der Waals surface area contributed by atoms with Gasteiger partial charge in [0.05, 0.1) is 5.54 Å². The van der Waals surface area contributed by atoms with E-state index in [1.54, 1.807) is 12.1 Å². The first-order valence-electron chi connectivity index (χ1n) is 7.46. The minimum absolute atomic E-state index is 0.160. The number of phenols is 1. The van der Waals surface area contributed by atoms with E-state index in [0.717, 1.165) is 5.56 Å². The van der Waals surface area contributed by atoms with Gasteiger partial charge in [0.1, 0.15) is 5.75 Å². The topological polar surface area (TPSA) is 49.3 Å². The molecule has 21 heavy (non-hydrogen) atoms. The molecule has 118 valence electrons. The van der Waals surface area contributed by atoms with Gasteiger partial charge in [-0.2, -0.15) is 0 Å². The Bertz CT molecular complexity index is 491. The lowest BCUT2D eigenvalue weighted by Crippen LogP contribution is -2.61. The Morgan fingerprint density at radius 2 is 1.48 bits per heavy atom. The van der Waals surface area contributed by atoms with Crippen molar-refractivity contribution in [1.29, 1.82) is 0 Å². The lowest BCUT2D eigenvalue weighted by Gasteiger charge is -2.40. The van der Waals surface area contributed by atoms with Crippen LogP contribution < -0.4 is 5.32 Å². The van der Waals surface area contributed by atoms with Gasteiger partial charge in [0.2, 0.25) is 0 Å². The van der Waals surface area contributed by atoms with E-state index in [4.69, 9.17) is 0 Å². The molecular formula is C18H29NO2. The van der Waals surface area contributed by atoms with E-state index in [9.17, 15) is 9.90 Å². The first-order chi connectivity index (χ1) is 9.33. The molecule has 0 heterocycles. The molecule has 0 aromatic heterocycles. The fourth-order valence-electron chi connectivity index (χ4n) is 2.86. The molecular weight excluding hydrogens is 262 g/mol. The number of rotatable bonds is 4. The average molecular weight is 291 g/mol. The smallest absolute Gasteiger partial charge is 0.158 e. The summed E-state index contributed by atoms with van der Waals surface area (Å²) in [6.45, 7) is 14.0. The molecule has 1 rings (SSSR count). The van der Waals surface area contributed by atoms with Crippen molar-refractivity contribution in [2.75, 3.05) is 0 Å². The molecule has 0 saturated heterocycles. The first kappa shape index (κ1) is 17.7. The van der Waals surface area contributed by atoms with Gasteiger partial charge in [0.25, 0.3) is 0 Å². The average Bonchev–Trinajstić information content (AvgIpc) is 2.27. The lowest BCUT2D eigenvalue weighted by atomic mass is 9.75. The maximum atomic E-state index is 12.9. The van der Waals surface area contributed by atoms with E-state index in [1.807, 2.05) is 39.8 Å². The number of ketones is 1. The Balaban J connectivity index is 3.13. The Hall–Kier alpha value is -1.35. The van der Waals surface area contributed by atoms with E-state index in [2.05, 4.69) is 26.1 Å². The third-order valence-corrected chi connectivity index (χ3v) is 3.33. The summed E-state index contributed by atoms with van der Waals surface area (Å²) in [6, 6.07) is 7.06. The fourth-order valence-corrected chi connectivity index (χ4v) is 2.86. The highest BCUT2D eigenvalue weighted by molar-refractivity contribution is 5.92. The summed E-state index contributed by atoms with van der Waals surface area (Å²) in [5.74, 6) is 0.435. The highest BCUT2D eigenvalue weighted by Crippen LogP contribution is 2.28. The molecule has 0 bridgehead atoms. The van der Waals surface area contributed by atoms with Crippen molar-refractivity contribution in [2.24, 2.45) is 5.41 Å². The predicted octanol–water partition coefficient (Wildman–Crippen LogP) is 3.70. The molecule has 0 radical (unpaired) electrons. The largest absolute Gasteiger partial charge is 0.508 e. The van der Waals surface area contributed by atoms with E-state index in [1.165, 1.54) is 0 Å². The molecule has 0 saturated carbocycles. The molecule has 0 aliphatic carbocycles. The maximum Gasteiger partial charge on any atom is 0.158 e. The molecule has 0 aliphatic rings. The van der Waals surface area contributed by atoms with E-state index in [0.29, 0.717) is 6.42 Å². The van der Waals surface area contributed by atoms with Gasteiger partial charge in [-0.15, -0.1) is 0 Å². The molecule has 3 heteroatoms. The molecule has 2 N–H and O–H groups in total. The van der Waals surface area contributed by atoms with Crippen LogP contribution in [0.25, 0.3) is 0 Å². The SMILES string of the molecule is CC(C)(C)N[C@](C)(Cc1ccc(O)cc1)C(=O)C(C)(C)C. The van der Waals surface area contributed by atoms with Crippen LogP contribution in [-0.4, -0.2) is 22.0 Å². The Kier molecular flexibility index (Phi) is 4.89. The molecule has 1 atom stereocenters.